The fourth-order valence-corrected chi connectivity index (χ4v) is 3.61. The van der Waals surface area contributed by atoms with Crippen molar-refractivity contribution in [2.24, 2.45) is 5.92 Å². The number of benzene rings is 1. The van der Waals surface area contributed by atoms with Crippen LogP contribution in [0.25, 0.3) is 0 Å². The average Bonchev–Trinajstić information content (AvgIpc) is 2.35. The minimum Gasteiger partial charge on any atom is -0.506 e. The SMILES string of the molecule is CC1CCCCC1N(C)Cc1cc(Cl)cc(Cl)c1O. The summed E-state index contributed by atoms with van der Waals surface area (Å²) in [5.74, 6) is 0.858. The van der Waals surface area contributed by atoms with E-state index in [0.29, 0.717) is 28.5 Å². The molecule has 2 atom stereocenters. The van der Waals surface area contributed by atoms with Gasteiger partial charge in [0, 0.05) is 23.2 Å². The second kappa shape index (κ2) is 6.34. The number of nitrogens with zero attached hydrogens (tertiary/aromatic N) is 1. The van der Waals surface area contributed by atoms with Crippen LogP contribution < -0.4 is 0 Å². The van der Waals surface area contributed by atoms with Crippen molar-refractivity contribution in [3.63, 3.8) is 0 Å². The summed E-state index contributed by atoms with van der Waals surface area (Å²) in [6.07, 6.45) is 5.14. The first kappa shape index (κ1) is 15.0. The molecule has 4 heteroatoms. The number of rotatable bonds is 3. The summed E-state index contributed by atoms with van der Waals surface area (Å²) in [7, 11) is 2.11. The second-order valence-corrected chi connectivity index (χ2v) is 6.48. The van der Waals surface area contributed by atoms with Gasteiger partial charge in [0.25, 0.3) is 0 Å². The Morgan fingerprint density at radius 3 is 2.63 bits per heavy atom. The van der Waals surface area contributed by atoms with Gasteiger partial charge in [0.15, 0.2) is 0 Å². The van der Waals surface area contributed by atoms with Gasteiger partial charge in [-0.15, -0.1) is 0 Å². The van der Waals surface area contributed by atoms with E-state index in [4.69, 9.17) is 23.2 Å². The predicted molar refractivity (Wildman–Crippen MR) is 81.0 cm³/mol. The molecular formula is C15H21Cl2NO. The summed E-state index contributed by atoms with van der Waals surface area (Å²) >= 11 is 12.0. The molecule has 0 spiro atoms. The van der Waals surface area contributed by atoms with Gasteiger partial charge in [-0.05, 0) is 37.9 Å². The molecule has 1 aliphatic carbocycles. The van der Waals surface area contributed by atoms with E-state index >= 15 is 0 Å². The molecule has 2 nitrogen and oxygen atoms in total. The minimum atomic E-state index is 0.154. The molecule has 19 heavy (non-hydrogen) atoms. The molecule has 106 valence electrons. The summed E-state index contributed by atoms with van der Waals surface area (Å²) in [4.78, 5) is 2.31. The van der Waals surface area contributed by atoms with E-state index in [2.05, 4.69) is 18.9 Å². The van der Waals surface area contributed by atoms with Crippen LogP contribution in [0.5, 0.6) is 5.75 Å². The summed E-state index contributed by atoms with van der Waals surface area (Å²) in [6, 6.07) is 3.95. The van der Waals surface area contributed by atoms with Crippen molar-refractivity contribution in [3.8, 4) is 5.75 Å². The van der Waals surface area contributed by atoms with Gasteiger partial charge in [-0.3, -0.25) is 4.90 Å². The molecule has 0 aromatic heterocycles. The third-order valence-electron chi connectivity index (χ3n) is 4.16. The monoisotopic (exact) mass is 301 g/mol. The van der Waals surface area contributed by atoms with E-state index in [1.807, 2.05) is 0 Å². The zero-order valence-electron chi connectivity index (χ0n) is 11.5. The maximum Gasteiger partial charge on any atom is 0.138 e. The van der Waals surface area contributed by atoms with Crippen LogP contribution in [0.1, 0.15) is 38.2 Å². The number of phenolic OH excluding ortho intramolecular Hbond substituents is 1. The maximum atomic E-state index is 10.0. The third kappa shape index (κ3) is 3.56. The van der Waals surface area contributed by atoms with Crippen LogP contribution in [0.15, 0.2) is 12.1 Å². The lowest BCUT2D eigenvalue weighted by atomic mass is 9.85. The Kier molecular flexibility index (Phi) is 4.99. The molecule has 1 aliphatic rings. The van der Waals surface area contributed by atoms with E-state index in [9.17, 15) is 5.11 Å². The lowest BCUT2D eigenvalue weighted by Gasteiger charge is -2.36. The van der Waals surface area contributed by atoms with Gasteiger partial charge >= 0.3 is 0 Å². The number of phenols is 1. The van der Waals surface area contributed by atoms with Crippen molar-refractivity contribution in [1.82, 2.24) is 4.90 Å². The molecular weight excluding hydrogens is 281 g/mol. The van der Waals surface area contributed by atoms with E-state index in [1.165, 1.54) is 25.7 Å². The van der Waals surface area contributed by atoms with Crippen molar-refractivity contribution in [3.05, 3.63) is 27.7 Å². The summed E-state index contributed by atoms with van der Waals surface area (Å²) < 4.78 is 0. The van der Waals surface area contributed by atoms with Crippen molar-refractivity contribution in [2.75, 3.05) is 7.05 Å². The van der Waals surface area contributed by atoms with Crippen LogP contribution in [0.3, 0.4) is 0 Å². The van der Waals surface area contributed by atoms with E-state index in [0.717, 1.165) is 5.56 Å². The first-order valence-corrected chi connectivity index (χ1v) is 7.61. The number of hydrogen-bond acceptors (Lipinski definition) is 2. The fourth-order valence-electron chi connectivity index (χ4n) is 3.08. The van der Waals surface area contributed by atoms with Crippen LogP contribution in [-0.4, -0.2) is 23.1 Å². The molecule has 2 unspecified atom stereocenters. The summed E-state index contributed by atoms with van der Waals surface area (Å²) in [5.41, 5.74) is 0.803. The molecule has 0 amide bonds. The lowest BCUT2D eigenvalue weighted by Crippen LogP contribution is -2.38. The van der Waals surface area contributed by atoms with Crippen LogP contribution >= 0.6 is 23.2 Å². The summed E-state index contributed by atoms with van der Waals surface area (Å²) in [6.45, 7) is 2.99. The molecule has 0 bridgehead atoms. The zero-order valence-corrected chi connectivity index (χ0v) is 13.0. The highest BCUT2D eigenvalue weighted by atomic mass is 35.5. The van der Waals surface area contributed by atoms with Crippen LogP contribution in [0.4, 0.5) is 0 Å². The smallest absolute Gasteiger partial charge is 0.138 e. The van der Waals surface area contributed by atoms with E-state index in [-0.39, 0.29) is 5.75 Å². The molecule has 1 aromatic carbocycles. The molecule has 0 heterocycles. The van der Waals surface area contributed by atoms with Gasteiger partial charge in [0.2, 0.25) is 0 Å². The maximum absolute atomic E-state index is 10.0. The highest BCUT2D eigenvalue weighted by Crippen LogP contribution is 2.34. The highest BCUT2D eigenvalue weighted by molar-refractivity contribution is 6.35. The fraction of sp³-hybridized carbons (Fsp3) is 0.600. The molecule has 0 aliphatic heterocycles. The van der Waals surface area contributed by atoms with Crippen LogP contribution in [0, 0.1) is 5.92 Å². The molecule has 0 radical (unpaired) electrons. The number of hydrogen-bond donors (Lipinski definition) is 1. The second-order valence-electron chi connectivity index (χ2n) is 5.64. The zero-order chi connectivity index (χ0) is 14.0. The Balaban J connectivity index is 2.12. The standard InChI is InChI=1S/C15H21Cl2NO/c1-10-5-3-4-6-14(10)18(2)9-11-7-12(16)8-13(17)15(11)19/h7-8,10,14,19H,3-6,9H2,1-2H3. The Labute approximate surface area is 125 Å². The first-order valence-electron chi connectivity index (χ1n) is 6.86. The Hall–Kier alpha value is -0.440. The minimum absolute atomic E-state index is 0.154. The quantitative estimate of drug-likeness (QED) is 0.874. The first-order chi connectivity index (χ1) is 8.99. The van der Waals surface area contributed by atoms with Gasteiger partial charge in [-0.2, -0.15) is 0 Å². The van der Waals surface area contributed by atoms with Gasteiger partial charge in [0.1, 0.15) is 5.75 Å². The number of aromatic hydroxyl groups is 1. The highest BCUT2D eigenvalue weighted by Gasteiger charge is 2.25. The summed E-state index contributed by atoms with van der Waals surface area (Å²) in [5, 5.41) is 10.9. The van der Waals surface area contributed by atoms with Gasteiger partial charge in [0.05, 0.1) is 5.02 Å². The molecule has 1 aromatic rings. The van der Waals surface area contributed by atoms with Gasteiger partial charge < -0.3 is 5.11 Å². The van der Waals surface area contributed by atoms with E-state index in [1.54, 1.807) is 12.1 Å². The molecule has 1 fully saturated rings. The number of halogens is 2. The third-order valence-corrected chi connectivity index (χ3v) is 4.67. The topological polar surface area (TPSA) is 23.5 Å². The molecule has 2 rings (SSSR count). The lowest BCUT2D eigenvalue weighted by molar-refractivity contribution is 0.132. The molecule has 1 N–H and O–H groups in total. The van der Waals surface area contributed by atoms with Crippen molar-refractivity contribution in [2.45, 2.75) is 45.2 Å². The average molecular weight is 302 g/mol. The Morgan fingerprint density at radius 1 is 1.26 bits per heavy atom. The molecule has 0 saturated heterocycles. The molecule has 1 saturated carbocycles. The van der Waals surface area contributed by atoms with Crippen LogP contribution in [-0.2, 0) is 6.54 Å². The normalized spacial score (nSPS) is 23.8. The predicted octanol–water partition coefficient (Wildman–Crippen LogP) is 4.71. The van der Waals surface area contributed by atoms with Gasteiger partial charge in [-0.25, -0.2) is 0 Å². The van der Waals surface area contributed by atoms with Crippen molar-refractivity contribution in [1.29, 1.82) is 0 Å². The van der Waals surface area contributed by atoms with Crippen molar-refractivity contribution >= 4 is 23.2 Å². The van der Waals surface area contributed by atoms with E-state index < -0.39 is 0 Å². The Morgan fingerprint density at radius 2 is 1.95 bits per heavy atom. The van der Waals surface area contributed by atoms with Crippen LogP contribution in [0.2, 0.25) is 10.0 Å². The largest absolute Gasteiger partial charge is 0.506 e. The van der Waals surface area contributed by atoms with Crippen molar-refractivity contribution < 1.29 is 5.11 Å². The Bertz CT molecular complexity index is 450. The van der Waals surface area contributed by atoms with Gasteiger partial charge in [-0.1, -0.05) is 43.0 Å².